The van der Waals surface area contributed by atoms with Gasteiger partial charge in [-0.15, -0.1) is 0 Å². The molecular formula is C8H17NO. The largest absolute Gasteiger partial charge is 0.348 e. The van der Waals surface area contributed by atoms with Gasteiger partial charge in [0.2, 0.25) is 6.41 Å². The van der Waals surface area contributed by atoms with E-state index in [9.17, 15) is 4.79 Å². The Kier molecular flexibility index (Phi) is 4.99. The molecule has 0 saturated carbocycles. The zero-order chi connectivity index (χ0) is 7.98. The van der Waals surface area contributed by atoms with Crippen molar-refractivity contribution < 1.29 is 4.79 Å². The van der Waals surface area contributed by atoms with E-state index in [0.717, 1.165) is 25.3 Å². The first-order valence-corrected chi connectivity index (χ1v) is 3.86. The van der Waals surface area contributed by atoms with Crippen LogP contribution in [-0.2, 0) is 4.79 Å². The smallest absolute Gasteiger partial charge is 0.209 e. The van der Waals surface area contributed by atoms with Crippen molar-refractivity contribution in [2.45, 2.75) is 26.7 Å². The zero-order valence-corrected chi connectivity index (χ0v) is 7.13. The Morgan fingerprint density at radius 1 is 1.60 bits per heavy atom. The number of hydrogen-bond acceptors (Lipinski definition) is 1. The predicted octanol–water partition coefficient (Wildman–Crippen LogP) is 1.51. The number of carbonyl (C=O) groups is 1. The first-order chi connectivity index (χ1) is 4.70. The maximum Gasteiger partial charge on any atom is 0.209 e. The van der Waals surface area contributed by atoms with E-state index < -0.39 is 0 Å². The van der Waals surface area contributed by atoms with Crippen LogP contribution in [0, 0.1) is 5.92 Å². The SMILES string of the molecule is CCC(C)CCN(C)C=O. The number of amides is 1. The Morgan fingerprint density at radius 3 is 2.60 bits per heavy atom. The molecule has 0 rings (SSSR count). The second-order valence-electron chi connectivity index (χ2n) is 2.89. The van der Waals surface area contributed by atoms with Gasteiger partial charge in [0.05, 0.1) is 0 Å². The molecule has 0 aromatic heterocycles. The highest BCUT2D eigenvalue weighted by molar-refractivity contribution is 5.46. The quantitative estimate of drug-likeness (QED) is 0.534. The molecule has 0 aromatic carbocycles. The van der Waals surface area contributed by atoms with Crippen molar-refractivity contribution in [1.82, 2.24) is 4.90 Å². The van der Waals surface area contributed by atoms with E-state index in [0.29, 0.717) is 0 Å². The Morgan fingerprint density at radius 2 is 2.20 bits per heavy atom. The summed E-state index contributed by atoms with van der Waals surface area (Å²) >= 11 is 0. The number of hydrogen-bond donors (Lipinski definition) is 0. The molecule has 0 saturated heterocycles. The van der Waals surface area contributed by atoms with E-state index in [1.165, 1.54) is 6.42 Å². The summed E-state index contributed by atoms with van der Waals surface area (Å²) < 4.78 is 0. The molecule has 1 unspecified atom stereocenters. The van der Waals surface area contributed by atoms with Gasteiger partial charge in [0.1, 0.15) is 0 Å². The molecule has 0 aliphatic carbocycles. The van der Waals surface area contributed by atoms with Crippen molar-refractivity contribution in [3.8, 4) is 0 Å². The minimum Gasteiger partial charge on any atom is -0.348 e. The predicted molar refractivity (Wildman–Crippen MR) is 42.8 cm³/mol. The van der Waals surface area contributed by atoms with Crippen LogP contribution in [0.15, 0.2) is 0 Å². The van der Waals surface area contributed by atoms with Gasteiger partial charge in [-0.25, -0.2) is 0 Å². The van der Waals surface area contributed by atoms with E-state index in [4.69, 9.17) is 0 Å². The highest BCUT2D eigenvalue weighted by Crippen LogP contribution is 2.05. The van der Waals surface area contributed by atoms with Crippen LogP contribution >= 0.6 is 0 Å². The first kappa shape index (κ1) is 9.47. The number of carbonyl (C=O) groups excluding carboxylic acids is 1. The van der Waals surface area contributed by atoms with E-state index in [1.54, 1.807) is 4.90 Å². The van der Waals surface area contributed by atoms with Crippen molar-refractivity contribution in [3.05, 3.63) is 0 Å². The molecule has 0 radical (unpaired) electrons. The average molecular weight is 143 g/mol. The van der Waals surface area contributed by atoms with Crippen molar-refractivity contribution in [3.63, 3.8) is 0 Å². The number of nitrogens with zero attached hydrogens (tertiary/aromatic N) is 1. The van der Waals surface area contributed by atoms with Gasteiger partial charge >= 0.3 is 0 Å². The molecular weight excluding hydrogens is 126 g/mol. The maximum atomic E-state index is 10.1. The lowest BCUT2D eigenvalue weighted by Gasteiger charge is -2.13. The Hall–Kier alpha value is -0.530. The van der Waals surface area contributed by atoms with E-state index >= 15 is 0 Å². The van der Waals surface area contributed by atoms with Crippen molar-refractivity contribution in [2.24, 2.45) is 5.92 Å². The summed E-state index contributed by atoms with van der Waals surface area (Å²) in [5.41, 5.74) is 0. The van der Waals surface area contributed by atoms with Crippen LogP contribution in [0.2, 0.25) is 0 Å². The average Bonchev–Trinajstić information content (AvgIpc) is 1.99. The lowest BCUT2D eigenvalue weighted by atomic mass is 10.1. The number of rotatable bonds is 5. The van der Waals surface area contributed by atoms with Crippen molar-refractivity contribution in [1.29, 1.82) is 0 Å². The normalized spacial score (nSPS) is 12.7. The topological polar surface area (TPSA) is 20.3 Å². The lowest BCUT2D eigenvalue weighted by Crippen LogP contribution is -2.18. The summed E-state index contributed by atoms with van der Waals surface area (Å²) in [6, 6.07) is 0. The third kappa shape index (κ3) is 4.36. The second-order valence-corrected chi connectivity index (χ2v) is 2.89. The molecule has 10 heavy (non-hydrogen) atoms. The summed E-state index contributed by atoms with van der Waals surface area (Å²) in [5.74, 6) is 0.738. The first-order valence-electron chi connectivity index (χ1n) is 3.86. The van der Waals surface area contributed by atoms with Crippen molar-refractivity contribution in [2.75, 3.05) is 13.6 Å². The minimum atomic E-state index is 0.738. The van der Waals surface area contributed by atoms with Gasteiger partial charge in [-0.2, -0.15) is 0 Å². The lowest BCUT2D eigenvalue weighted by molar-refractivity contribution is -0.117. The summed E-state index contributed by atoms with van der Waals surface area (Å²) in [4.78, 5) is 11.8. The van der Waals surface area contributed by atoms with Crippen molar-refractivity contribution >= 4 is 6.41 Å². The Bertz CT molecular complexity index is 93.3. The van der Waals surface area contributed by atoms with Crippen LogP contribution in [0.3, 0.4) is 0 Å². The molecule has 0 bridgehead atoms. The fourth-order valence-electron chi connectivity index (χ4n) is 0.681. The summed E-state index contributed by atoms with van der Waals surface area (Å²) in [5, 5.41) is 0. The van der Waals surface area contributed by atoms with E-state index in [-0.39, 0.29) is 0 Å². The van der Waals surface area contributed by atoms with Gasteiger partial charge in [0.25, 0.3) is 0 Å². The van der Waals surface area contributed by atoms with Gasteiger partial charge in [0.15, 0.2) is 0 Å². The van der Waals surface area contributed by atoms with Gasteiger partial charge in [-0.1, -0.05) is 20.3 Å². The molecule has 0 spiro atoms. The van der Waals surface area contributed by atoms with Crippen LogP contribution in [-0.4, -0.2) is 24.9 Å². The van der Waals surface area contributed by atoms with Crippen LogP contribution in [0.5, 0.6) is 0 Å². The molecule has 0 aliphatic rings. The van der Waals surface area contributed by atoms with Gasteiger partial charge in [-0.05, 0) is 12.3 Å². The third-order valence-electron chi connectivity index (χ3n) is 1.85. The van der Waals surface area contributed by atoms with E-state index in [1.807, 2.05) is 7.05 Å². The molecule has 60 valence electrons. The molecule has 0 fully saturated rings. The van der Waals surface area contributed by atoms with Crippen LogP contribution < -0.4 is 0 Å². The second kappa shape index (κ2) is 5.27. The zero-order valence-electron chi connectivity index (χ0n) is 7.13. The Balaban J connectivity index is 3.25. The molecule has 0 N–H and O–H groups in total. The van der Waals surface area contributed by atoms with Gasteiger partial charge in [0, 0.05) is 13.6 Å². The summed E-state index contributed by atoms with van der Waals surface area (Å²) in [7, 11) is 1.81. The minimum absolute atomic E-state index is 0.738. The van der Waals surface area contributed by atoms with Crippen LogP contribution in [0.25, 0.3) is 0 Å². The molecule has 0 aliphatic heterocycles. The highest BCUT2D eigenvalue weighted by atomic mass is 16.1. The van der Waals surface area contributed by atoms with Crippen LogP contribution in [0.1, 0.15) is 26.7 Å². The molecule has 0 aromatic rings. The fraction of sp³-hybridized carbons (Fsp3) is 0.875. The molecule has 2 nitrogen and oxygen atoms in total. The maximum absolute atomic E-state index is 10.1. The van der Waals surface area contributed by atoms with E-state index in [2.05, 4.69) is 13.8 Å². The molecule has 2 heteroatoms. The van der Waals surface area contributed by atoms with Crippen LogP contribution in [0.4, 0.5) is 0 Å². The van der Waals surface area contributed by atoms with Gasteiger partial charge in [-0.3, -0.25) is 4.79 Å². The Labute approximate surface area is 63.2 Å². The molecule has 1 amide bonds. The summed E-state index contributed by atoms with van der Waals surface area (Å²) in [6.45, 7) is 5.27. The molecule has 0 heterocycles. The summed E-state index contributed by atoms with van der Waals surface area (Å²) in [6.07, 6.45) is 3.20. The van der Waals surface area contributed by atoms with Gasteiger partial charge < -0.3 is 4.90 Å². The standard InChI is InChI=1S/C8H17NO/c1-4-8(2)5-6-9(3)7-10/h7-8H,4-6H2,1-3H3. The third-order valence-corrected chi connectivity index (χ3v) is 1.85. The monoisotopic (exact) mass is 143 g/mol. The highest BCUT2D eigenvalue weighted by Gasteiger charge is 1.99. The molecule has 1 atom stereocenters. The fourth-order valence-corrected chi connectivity index (χ4v) is 0.681.